The first-order chi connectivity index (χ1) is 10.8. The highest BCUT2D eigenvalue weighted by molar-refractivity contribution is 7.99. The first-order valence-corrected chi connectivity index (χ1v) is 9.00. The molecular formula is C15H28N4O2S. The molecule has 0 aliphatic carbocycles. The summed E-state index contributed by atoms with van der Waals surface area (Å²) in [5.41, 5.74) is 0. The highest BCUT2D eigenvalue weighted by Crippen LogP contribution is 2.30. The van der Waals surface area contributed by atoms with E-state index >= 15 is 0 Å². The van der Waals surface area contributed by atoms with Crippen molar-refractivity contribution in [3.05, 3.63) is 5.82 Å². The Morgan fingerprint density at radius 2 is 2.00 bits per heavy atom. The fourth-order valence-electron chi connectivity index (χ4n) is 2.85. The van der Waals surface area contributed by atoms with Crippen LogP contribution in [-0.4, -0.2) is 66.4 Å². The molecule has 0 bridgehead atoms. The van der Waals surface area contributed by atoms with Gasteiger partial charge in [0.05, 0.1) is 12.6 Å². The Balaban J connectivity index is 2.12. The molecule has 1 saturated heterocycles. The molecule has 0 spiro atoms. The van der Waals surface area contributed by atoms with E-state index in [4.69, 9.17) is 9.47 Å². The van der Waals surface area contributed by atoms with Crippen LogP contribution in [0.4, 0.5) is 0 Å². The van der Waals surface area contributed by atoms with Crippen LogP contribution in [0.3, 0.4) is 0 Å². The Morgan fingerprint density at radius 3 is 2.73 bits per heavy atom. The third-order valence-corrected chi connectivity index (χ3v) is 4.99. The highest BCUT2D eigenvalue weighted by atomic mass is 32.2. The average molecular weight is 328 g/mol. The fraction of sp³-hybridized carbons (Fsp3) is 0.867. The van der Waals surface area contributed by atoms with E-state index in [2.05, 4.69) is 26.7 Å². The molecule has 1 aromatic heterocycles. The van der Waals surface area contributed by atoms with Crippen molar-refractivity contribution in [2.24, 2.45) is 0 Å². The van der Waals surface area contributed by atoms with Crippen molar-refractivity contribution in [2.75, 3.05) is 46.8 Å². The molecule has 2 rings (SSSR count). The van der Waals surface area contributed by atoms with E-state index in [0.29, 0.717) is 6.04 Å². The van der Waals surface area contributed by atoms with E-state index in [1.165, 1.54) is 19.3 Å². The maximum Gasteiger partial charge on any atom is 0.191 e. The number of aromatic nitrogens is 3. The summed E-state index contributed by atoms with van der Waals surface area (Å²) in [6.07, 6.45) is 4.70. The van der Waals surface area contributed by atoms with Crippen molar-refractivity contribution >= 4 is 11.8 Å². The number of likely N-dealkylation sites (tertiary alicyclic amines) is 1. The number of nitrogens with zero attached hydrogens (tertiary/aromatic N) is 4. The van der Waals surface area contributed by atoms with Gasteiger partial charge in [-0.1, -0.05) is 18.2 Å². The van der Waals surface area contributed by atoms with Gasteiger partial charge in [0.15, 0.2) is 11.0 Å². The molecule has 0 radical (unpaired) electrons. The molecule has 1 aliphatic heterocycles. The average Bonchev–Trinajstić information content (AvgIpc) is 2.91. The summed E-state index contributed by atoms with van der Waals surface area (Å²) < 4.78 is 12.6. The number of thioether (sulfide) groups is 1. The predicted molar refractivity (Wildman–Crippen MR) is 88.3 cm³/mol. The summed E-state index contributed by atoms with van der Waals surface area (Å²) in [5, 5.41) is 9.95. The maximum atomic E-state index is 5.19. The number of hydrogen-bond donors (Lipinski definition) is 0. The van der Waals surface area contributed by atoms with Gasteiger partial charge in [0.25, 0.3) is 0 Å². The van der Waals surface area contributed by atoms with Crippen molar-refractivity contribution in [3.8, 4) is 0 Å². The molecule has 1 unspecified atom stereocenters. The van der Waals surface area contributed by atoms with E-state index in [0.717, 1.165) is 49.5 Å². The van der Waals surface area contributed by atoms with Crippen LogP contribution in [0, 0.1) is 0 Å². The van der Waals surface area contributed by atoms with Crippen LogP contribution in [0.15, 0.2) is 5.16 Å². The zero-order valence-corrected chi connectivity index (χ0v) is 14.8. The Morgan fingerprint density at radius 1 is 1.18 bits per heavy atom. The standard InChI is InChI=1S/C15H28N4O2S/c1-18-8-5-4-7-13(18)14-16-17-15(22-12-11-21-3)19(14)9-6-10-20-2/h13H,4-12H2,1-3H3. The van der Waals surface area contributed by atoms with E-state index < -0.39 is 0 Å². The minimum absolute atomic E-state index is 0.389. The van der Waals surface area contributed by atoms with Crippen LogP contribution in [0.25, 0.3) is 0 Å². The summed E-state index contributed by atoms with van der Waals surface area (Å²) in [6.45, 7) is 3.55. The quantitative estimate of drug-likeness (QED) is 0.512. The van der Waals surface area contributed by atoms with E-state index in [1.807, 2.05) is 0 Å². The van der Waals surface area contributed by atoms with Crippen molar-refractivity contribution < 1.29 is 9.47 Å². The minimum atomic E-state index is 0.389. The van der Waals surface area contributed by atoms with Crippen molar-refractivity contribution in [1.29, 1.82) is 0 Å². The molecule has 1 fully saturated rings. The summed E-state index contributed by atoms with van der Waals surface area (Å²) in [5.74, 6) is 2.01. The zero-order chi connectivity index (χ0) is 15.8. The van der Waals surface area contributed by atoms with E-state index in [1.54, 1.807) is 26.0 Å². The van der Waals surface area contributed by atoms with Gasteiger partial charge in [-0.15, -0.1) is 10.2 Å². The lowest BCUT2D eigenvalue weighted by atomic mass is 10.0. The highest BCUT2D eigenvalue weighted by Gasteiger charge is 2.27. The molecule has 2 heterocycles. The third-order valence-electron chi connectivity index (χ3n) is 4.06. The molecule has 6 nitrogen and oxygen atoms in total. The second kappa shape index (κ2) is 9.50. The third kappa shape index (κ3) is 4.68. The molecule has 0 amide bonds. The predicted octanol–water partition coefficient (Wildman–Crippen LogP) is 2.21. The normalized spacial score (nSPS) is 19.7. The Bertz CT molecular complexity index is 441. The first-order valence-electron chi connectivity index (χ1n) is 8.02. The van der Waals surface area contributed by atoms with Gasteiger partial charge in [0.1, 0.15) is 0 Å². The van der Waals surface area contributed by atoms with Crippen LogP contribution >= 0.6 is 11.8 Å². The molecule has 0 aromatic carbocycles. The van der Waals surface area contributed by atoms with Crippen molar-refractivity contribution in [3.63, 3.8) is 0 Å². The van der Waals surface area contributed by atoms with Gasteiger partial charge < -0.3 is 14.0 Å². The Kier molecular flexibility index (Phi) is 7.65. The number of rotatable bonds is 9. The van der Waals surface area contributed by atoms with Crippen molar-refractivity contribution in [2.45, 2.75) is 43.4 Å². The monoisotopic (exact) mass is 328 g/mol. The molecule has 1 aliphatic rings. The lowest BCUT2D eigenvalue weighted by Gasteiger charge is -2.31. The molecule has 1 atom stereocenters. The van der Waals surface area contributed by atoms with Gasteiger partial charge in [-0.3, -0.25) is 4.90 Å². The number of piperidine rings is 1. The molecule has 1 aromatic rings. The smallest absolute Gasteiger partial charge is 0.191 e. The minimum Gasteiger partial charge on any atom is -0.385 e. The number of hydrogen-bond acceptors (Lipinski definition) is 6. The summed E-state index contributed by atoms with van der Waals surface area (Å²) in [6, 6.07) is 0.389. The summed E-state index contributed by atoms with van der Waals surface area (Å²) >= 11 is 1.72. The number of methoxy groups -OCH3 is 2. The molecule has 0 saturated carbocycles. The van der Waals surface area contributed by atoms with Crippen LogP contribution in [0.5, 0.6) is 0 Å². The van der Waals surface area contributed by atoms with Gasteiger partial charge in [-0.2, -0.15) is 0 Å². The lowest BCUT2D eigenvalue weighted by molar-refractivity contribution is 0.168. The first kappa shape index (κ1) is 17.7. The van der Waals surface area contributed by atoms with E-state index in [-0.39, 0.29) is 0 Å². The second-order valence-electron chi connectivity index (χ2n) is 5.67. The van der Waals surface area contributed by atoms with Crippen LogP contribution in [0.1, 0.15) is 37.5 Å². The Hall–Kier alpha value is -0.630. The van der Waals surface area contributed by atoms with Gasteiger partial charge in [-0.05, 0) is 32.9 Å². The van der Waals surface area contributed by atoms with Gasteiger partial charge in [-0.25, -0.2) is 0 Å². The summed E-state index contributed by atoms with van der Waals surface area (Å²) in [7, 11) is 5.66. The second-order valence-corrected chi connectivity index (χ2v) is 6.73. The zero-order valence-electron chi connectivity index (χ0n) is 14.0. The topological polar surface area (TPSA) is 52.4 Å². The SMILES string of the molecule is COCCCn1c(SCCOC)nnc1C1CCCCN1C. The summed E-state index contributed by atoms with van der Waals surface area (Å²) in [4.78, 5) is 2.41. The molecule has 22 heavy (non-hydrogen) atoms. The van der Waals surface area contributed by atoms with Crippen molar-refractivity contribution in [1.82, 2.24) is 19.7 Å². The fourth-order valence-corrected chi connectivity index (χ4v) is 3.72. The van der Waals surface area contributed by atoms with Gasteiger partial charge >= 0.3 is 0 Å². The van der Waals surface area contributed by atoms with Crippen LogP contribution in [-0.2, 0) is 16.0 Å². The molecule has 0 N–H and O–H groups in total. The number of ether oxygens (including phenoxy) is 2. The molecular weight excluding hydrogens is 300 g/mol. The van der Waals surface area contributed by atoms with Gasteiger partial charge in [0, 0.05) is 33.1 Å². The van der Waals surface area contributed by atoms with Crippen LogP contribution < -0.4 is 0 Å². The lowest BCUT2D eigenvalue weighted by Crippen LogP contribution is -2.31. The molecule has 126 valence electrons. The molecule has 7 heteroatoms. The Labute approximate surface area is 137 Å². The largest absolute Gasteiger partial charge is 0.385 e. The van der Waals surface area contributed by atoms with E-state index in [9.17, 15) is 0 Å². The maximum absolute atomic E-state index is 5.19. The van der Waals surface area contributed by atoms with Gasteiger partial charge in [0.2, 0.25) is 0 Å². The van der Waals surface area contributed by atoms with Crippen LogP contribution in [0.2, 0.25) is 0 Å².